The van der Waals surface area contributed by atoms with Crippen LogP contribution in [0.2, 0.25) is 0 Å². The summed E-state index contributed by atoms with van der Waals surface area (Å²) in [6, 6.07) is 19.7. The van der Waals surface area contributed by atoms with Gasteiger partial charge in [0.2, 0.25) is 0 Å². The molecule has 1 saturated carbocycles. The van der Waals surface area contributed by atoms with E-state index in [0.717, 1.165) is 36.2 Å². The number of aryl methyl sites for hydroxylation is 1. The van der Waals surface area contributed by atoms with Crippen LogP contribution in [0.4, 0.5) is 5.82 Å². The Labute approximate surface area is 191 Å². The van der Waals surface area contributed by atoms with Crippen LogP contribution < -0.4 is 5.32 Å². The summed E-state index contributed by atoms with van der Waals surface area (Å²) in [5, 5.41) is 8.69. The minimum absolute atomic E-state index is 0.264. The summed E-state index contributed by atoms with van der Waals surface area (Å²) in [7, 11) is 0. The number of esters is 1. The molecule has 5 rings (SSSR count). The van der Waals surface area contributed by atoms with Gasteiger partial charge in [-0.3, -0.25) is 9.59 Å². The maximum atomic E-state index is 12.5. The summed E-state index contributed by atoms with van der Waals surface area (Å²) in [4.78, 5) is 27.9. The number of nitrogens with one attached hydrogen (secondary N) is 2. The predicted octanol–water partition coefficient (Wildman–Crippen LogP) is 4.74. The predicted molar refractivity (Wildman–Crippen MR) is 126 cm³/mol. The van der Waals surface area contributed by atoms with Gasteiger partial charge in [-0.05, 0) is 49.4 Å². The Morgan fingerprint density at radius 1 is 1.09 bits per heavy atom. The highest BCUT2D eigenvalue weighted by molar-refractivity contribution is 5.92. The number of aromatic amines is 1. The van der Waals surface area contributed by atoms with Gasteiger partial charge >= 0.3 is 5.97 Å². The number of carbonyl (C=O) groups is 2. The molecule has 1 fully saturated rings. The Bertz CT molecular complexity index is 1270. The highest BCUT2D eigenvalue weighted by atomic mass is 16.5. The lowest BCUT2D eigenvalue weighted by Gasteiger charge is -2.09. The zero-order chi connectivity index (χ0) is 22.6. The number of para-hydroxylation sites is 2. The Balaban J connectivity index is 1.13. The number of ether oxygens (including phenoxy) is 1. The van der Waals surface area contributed by atoms with Crippen LogP contribution >= 0.6 is 0 Å². The second-order valence-corrected chi connectivity index (χ2v) is 8.40. The molecule has 2 aromatic heterocycles. The van der Waals surface area contributed by atoms with Crippen molar-refractivity contribution in [3.63, 3.8) is 0 Å². The minimum Gasteiger partial charge on any atom is -0.456 e. The molecule has 0 unspecified atom stereocenters. The summed E-state index contributed by atoms with van der Waals surface area (Å²) >= 11 is 0. The summed E-state index contributed by atoms with van der Waals surface area (Å²) in [5.74, 6) is 0.295. The van der Waals surface area contributed by atoms with Crippen molar-refractivity contribution in [3.05, 3.63) is 78.1 Å². The van der Waals surface area contributed by atoms with Gasteiger partial charge in [-0.15, -0.1) is 0 Å². The van der Waals surface area contributed by atoms with Crippen molar-refractivity contribution in [1.82, 2.24) is 14.8 Å². The van der Waals surface area contributed by atoms with E-state index in [-0.39, 0.29) is 24.9 Å². The lowest BCUT2D eigenvalue weighted by atomic mass is 10.1. The van der Waals surface area contributed by atoms with E-state index in [0.29, 0.717) is 18.2 Å². The number of benzene rings is 2. The third kappa shape index (κ3) is 4.98. The van der Waals surface area contributed by atoms with Crippen LogP contribution in [-0.2, 0) is 20.7 Å². The van der Waals surface area contributed by atoms with Crippen molar-refractivity contribution < 1.29 is 14.3 Å². The molecule has 1 aliphatic rings. The molecule has 1 amide bonds. The topological polar surface area (TPSA) is 89.0 Å². The average Bonchev–Trinajstić information content (AvgIpc) is 3.49. The van der Waals surface area contributed by atoms with Gasteiger partial charge in [0.25, 0.3) is 5.91 Å². The molecule has 1 aliphatic carbocycles. The maximum absolute atomic E-state index is 12.5. The van der Waals surface area contributed by atoms with E-state index in [4.69, 9.17) is 4.74 Å². The molecule has 0 aliphatic heterocycles. The first kappa shape index (κ1) is 21.0. The highest BCUT2D eigenvalue weighted by Crippen LogP contribution is 2.40. The fourth-order valence-corrected chi connectivity index (χ4v) is 3.99. The molecular formula is C26H26N4O3. The van der Waals surface area contributed by atoms with E-state index < -0.39 is 0 Å². The van der Waals surface area contributed by atoms with Crippen molar-refractivity contribution in [1.29, 1.82) is 0 Å². The monoisotopic (exact) mass is 442 g/mol. The number of nitrogens with zero attached hydrogens (tertiary/aromatic N) is 2. The lowest BCUT2D eigenvalue weighted by molar-refractivity contribution is -0.147. The van der Waals surface area contributed by atoms with Gasteiger partial charge in [0.1, 0.15) is 5.82 Å². The van der Waals surface area contributed by atoms with Gasteiger partial charge in [-0.25, -0.2) is 4.68 Å². The first-order chi connectivity index (χ1) is 16.2. The number of anilines is 1. The summed E-state index contributed by atoms with van der Waals surface area (Å²) in [6.07, 6.45) is 5.92. The standard InChI is InChI=1S/C26H26N4O3/c31-25(17-33-26(32)12-6-7-19-16-27-22-11-5-4-10-21(19)22)28-24-15-23(18-13-14-18)29-30(24)20-8-2-1-3-9-20/h1-5,8-11,15-16,18,27H,6-7,12-14,17H2,(H,28,31). The van der Waals surface area contributed by atoms with Crippen LogP contribution in [-0.4, -0.2) is 33.2 Å². The first-order valence-electron chi connectivity index (χ1n) is 11.3. The molecular weight excluding hydrogens is 416 g/mol. The fourth-order valence-electron chi connectivity index (χ4n) is 3.99. The van der Waals surface area contributed by atoms with Crippen LogP contribution in [0, 0.1) is 0 Å². The number of H-pyrrole nitrogens is 1. The normalized spacial score (nSPS) is 13.2. The molecule has 0 atom stereocenters. The first-order valence-corrected chi connectivity index (χ1v) is 11.3. The van der Waals surface area contributed by atoms with Crippen LogP contribution in [0.25, 0.3) is 16.6 Å². The van der Waals surface area contributed by atoms with E-state index in [1.807, 2.05) is 60.8 Å². The van der Waals surface area contributed by atoms with Crippen LogP contribution in [0.1, 0.15) is 42.9 Å². The molecule has 7 heteroatoms. The van der Waals surface area contributed by atoms with Crippen molar-refractivity contribution in [2.75, 3.05) is 11.9 Å². The maximum Gasteiger partial charge on any atom is 0.306 e. The van der Waals surface area contributed by atoms with Gasteiger partial charge in [0.05, 0.1) is 11.4 Å². The second-order valence-electron chi connectivity index (χ2n) is 8.40. The fraction of sp³-hybridized carbons (Fsp3) is 0.269. The van der Waals surface area contributed by atoms with Crippen LogP contribution in [0.3, 0.4) is 0 Å². The molecule has 2 aromatic carbocycles. The number of amides is 1. The quantitative estimate of drug-likeness (QED) is 0.367. The molecule has 4 aromatic rings. The summed E-state index contributed by atoms with van der Waals surface area (Å²) in [6.45, 7) is -0.315. The van der Waals surface area contributed by atoms with Crippen molar-refractivity contribution in [2.45, 2.75) is 38.0 Å². The van der Waals surface area contributed by atoms with E-state index >= 15 is 0 Å². The zero-order valence-electron chi connectivity index (χ0n) is 18.3. The molecule has 168 valence electrons. The number of fused-ring (bicyclic) bond motifs is 1. The Morgan fingerprint density at radius 3 is 2.70 bits per heavy atom. The molecule has 0 saturated heterocycles. The van der Waals surface area contributed by atoms with Crippen LogP contribution in [0.15, 0.2) is 66.9 Å². The number of hydrogen-bond acceptors (Lipinski definition) is 4. The largest absolute Gasteiger partial charge is 0.456 e. The van der Waals surface area contributed by atoms with Gasteiger partial charge < -0.3 is 15.0 Å². The number of carbonyl (C=O) groups excluding carboxylic acids is 2. The van der Waals surface area contributed by atoms with Crippen molar-refractivity contribution >= 4 is 28.6 Å². The highest BCUT2D eigenvalue weighted by Gasteiger charge is 2.28. The number of aromatic nitrogens is 3. The SMILES string of the molecule is O=C(COC(=O)CCCc1c[nH]c2ccccc12)Nc1cc(C2CC2)nn1-c1ccccc1. The number of hydrogen-bond donors (Lipinski definition) is 2. The second kappa shape index (κ2) is 9.32. The van der Waals surface area contributed by atoms with Gasteiger partial charge in [-0.1, -0.05) is 36.4 Å². The Kier molecular flexibility index (Phi) is 5.93. The molecule has 2 heterocycles. The Hall–Kier alpha value is -3.87. The number of rotatable bonds is 9. The summed E-state index contributed by atoms with van der Waals surface area (Å²) < 4.78 is 6.94. The molecule has 0 radical (unpaired) electrons. The van der Waals surface area contributed by atoms with Gasteiger partial charge in [0, 0.05) is 35.5 Å². The third-order valence-electron chi connectivity index (χ3n) is 5.86. The third-order valence-corrected chi connectivity index (χ3v) is 5.86. The van der Waals surface area contributed by atoms with Crippen molar-refractivity contribution in [2.24, 2.45) is 0 Å². The molecule has 0 spiro atoms. The molecule has 7 nitrogen and oxygen atoms in total. The average molecular weight is 443 g/mol. The van der Waals surface area contributed by atoms with Crippen molar-refractivity contribution in [3.8, 4) is 5.69 Å². The van der Waals surface area contributed by atoms with Gasteiger partial charge in [-0.2, -0.15) is 5.10 Å². The van der Waals surface area contributed by atoms with E-state index in [1.54, 1.807) is 4.68 Å². The van der Waals surface area contributed by atoms with Gasteiger partial charge in [0.15, 0.2) is 6.61 Å². The molecule has 0 bridgehead atoms. The summed E-state index contributed by atoms with van der Waals surface area (Å²) in [5.41, 5.74) is 4.11. The minimum atomic E-state index is -0.376. The smallest absolute Gasteiger partial charge is 0.306 e. The van der Waals surface area contributed by atoms with E-state index in [1.165, 1.54) is 10.9 Å². The van der Waals surface area contributed by atoms with E-state index in [9.17, 15) is 9.59 Å². The molecule has 2 N–H and O–H groups in total. The van der Waals surface area contributed by atoms with Crippen LogP contribution in [0.5, 0.6) is 0 Å². The Morgan fingerprint density at radius 2 is 1.88 bits per heavy atom. The lowest BCUT2D eigenvalue weighted by Crippen LogP contribution is -2.22. The van der Waals surface area contributed by atoms with E-state index in [2.05, 4.69) is 21.5 Å². The molecule has 33 heavy (non-hydrogen) atoms. The zero-order valence-corrected chi connectivity index (χ0v) is 18.3.